The van der Waals surface area contributed by atoms with E-state index in [-0.39, 0.29) is 24.4 Å². The quantitative estimate of drug-likeness (QED) is 0.249. The van der Waals surface area contributed by atoms with Crippen molar-refractivity contribution >= 4 is 40.7 Å². The first kappa shape index (κ1) is 26.1. The van der Waals surface area contributed by atoms with E-state index in [1.807, 2.05) is 41.6 Å². The number of pyridine rings is 1. The summed E-state index contributed by atoms with van der Waals surface area (Å²) < 4.78 is 1.65. The highest BCUT2D eigenvalue weighted by Gasteiger charge is 2.35. The van der Waals surface area contributed by atoms with Crippen LogP contribution in [0.5, 0.6) is 0 Å². The van der Waals surface area contributed by atoms with Crippen LogP contribution < -0.4 is 20.9 Å². The average molecular weight is 549 g/mol. The van der Waals surface area contributed by atoms with Gasteiger partial charge in [-0.3, -0.25) is 9.59 Å². The monoisotopic (exact) mass is 548 g/mol. The summed E-state index contributed by atoms with van der Waals surface area (Å²) in [6.07, 6.45) is 3.53. The van der Waals surface area contributed by atoms with E-state index in [1.165, 1.54) is 0 Å². The molecule has 1 aliphatic heterocycles. The second kappa shape index (κ2) is 11.1. The lowest BCUT2D eigenvalue weighted by Crippen LogP contribution is -2.56. The molecular formula is C26H28N8O4S. The summed E-state index contributed by atoms with van der Waals surface area (Å²) in [5.74, 6) is -0.0172. The van der Waals surface area contributed by atoms with Gasteiger partial charge in [-0.15, -0.1) is 11.3 Å². The molecule has 1 fully saturated rings. The van der Waals surface area contributed by atoms with Gasteiger partial charge in [0.15, 0.2) is 5.65 Å². The molecule has 0 aromatic carbocycles. The normalized spacial score (nSPS) is 15.4. The van der Waals surface area contributed by atoms with Crippen LogP contribution in [-0.2, 0) is 4.79 Å². The third kappa shape index (κ3) is 5.39. The number of hydrogen-bond donors (Lipinski definition) is 4. The van der Waals surface area contributed by atoms with Gasteiger partial charge < -0.3 is 26.0 Å². The van der Waals surface area contributed by atoms with Gasteiger partial charge in [0.25, 0.3) is 5.91 Å². The molecule has 0 aliphatic carbocycles. The molecule has 0 radical (unpaired) electrons. The van der Waals surface area contributed by atoms with E-state index >= 15 is 0 Å². The average Bonchev–Trinajstić information content (AvgIpc) is 3.60. The van der Waals surface area contributed by atoms with Crippen LogP contribution in [0.3, 0.4) is 0 Å². The van der Waals surface area contributed by atoms with E-state index in [4.69, 9.17) is 15.1 Å². The van der Waals surface area contributed by atoms with Crippen molar-refractivity contribution in [1.29, 1.82) is 0 Å². The Bertz CT molecular complexity index is 1520. The molecule has 4 aromatic heterocycles. The van der Waals surface area contributed by atoms with Gasteiger partial charge in [-0.05, 0) is 42.5 Å². The van der Waals surface area contributed by atoms with Crippen molar-refractivity contribution in [2.45, 2.75) is 31.8 Å². The van der Waals surface area contributed by atoms with E-state index < -0.39 is 12.1 Å². The number of fused-ring (bicyclic) bond motifs is 1. The molecule has 1 aliphatic rings. The number of carbonyl (C=O) groups is 3. The molecule has 4 N–H and O–H groups in total. The van der Waals surface area contributed by atoms with Crippen molar-refractivity contribution in [3.05, 3.63) is 53.7 Å². The molecule has 2 atom stereocenters. The van der Waals surface area contributed by atoms with Gasteiger partial charge in [0.1, 0.15) is 11.9 Å². The first-order chi connectivity index (χ1) is 18.9. The lowest BCUT2D eigenvalue weighted by molar-refractivity contribution is -0.123. The lowest BCUT2D eigenvalue weighted by atomic mass is 10.0. The molecule has 5 heterocycles. The fourth-order valence-corrected chi connectivity index (χ4v) is 5.13. The summed E-state index contributed by atoms with van der Waals surface area (Å²) in [6, 6.07) is 8.34. The van der Waals surface area contributed by atoms with E-state index in [9.17, 15) is 14.4 Å². The van der Waals surface area contributed by atoms with Gasteiger partial charge in [0.05, 0.1) is 28.0 Å². The van der Waals surface area contributed by atoms with E-state index in [0.29, 0.717) is 47.7 Å². The highest BCUT2D eigenvalue weighted by Crippen LogP contribution is 2.31. The van der Waals surface area contributed by atoms with Gasteiger partial charge in [0, 0.05) is 37.9 Å². The SMILES string of the molecule is CCC(CNC(=O)c1cc(-c2cnn3ccc(-c4cccs4)nc23)nc(N2CC[C@H]2C(=O)NC)c1)NC(=O)O. The molecule has 1 unspecified atom stereocenters. The number of likely N-dealkylation sites (N-methyl/N-ethyl adjacent to an activating group) is 1. The second-order valence-electron chi connectivity index (χ2n) is 9.09. The fraction of sp³-hybridized carbons (Fsp3) is 0.308. The summed E-state index contributed by atoms with van der Waals surface area (Å²) in [5, 5.41) is 23.4. The highest BCUT2D eigenvalue weighted by atomic mass is 32.1. The van der Waals surface area contributed by atoms with Crippen LogP contribution >= 0.6 is 11.3 Å². The van der Waals surface area contributed by atoms with Gasteiger partial charge >= 0.3 is 6.09 Å². The Hall–Kier alpha value is -4.52. The van der Waals surface area contributed by atoms with Crippen molar-refractivity contribution < 1.29 is 19.5 Å². The number of thiophene rings is 1. The number of nitrogens with zero attached hydrogens (tertiary/aromatic N) is 5. The van der Waals surface area contributed by atoms with Crippen molar-refractivity contribution in [3.63, 3.8) is 0 Å². The minimum atomic E-state index is -1.15. The Kier molecular flexibility index (Phi) is 7.41. The Morgan fingerprint density at radius 1 is 1.21 bits per heavy atom. The van der Waals surface area contributed by atoms with Gasteiger partial charge in [0.2, 0.25) is 5.91 Å². The van der Waals surface area contributed by atoms with Gasteiger partial charge in [-0.25, -0.2) is 19.3 Å². The molecule has 0 spiro atoms. The molecule has 5 rings (SSSR count). The zero-order valence-electron chi connectivity index (χ0n) is 21.4. The maximum atomic E-state index is 13.3. The Morgan fingerprint density at radius 2 is 2.05 bits per heavy atom. The zero-order chi connectivity index (χ0) is 27.5. The molecule has 4 aromatic rings. The molecule has 0 bridgehead atoms. The first-order valence-corrected chi connectivity index (χ1v) is 13.4. The Balaban J connectivity index is 1.53. The highest BCUT2D eigenvalue weighted by molar-refractivity contribution is 7.13. The molecule has 39 heavy (non-hydrogen) atoms. The fourth-order valence-electron chi connectivity index (χ4n) is 4.43. The lowest BCUT2D eigenvalue weighted by Gasteiger charge is -2.40. The molecule has 3 amide bonds. The Labute approximate surface area is 228 Å². The minimum absolute atomic E-state index is 0.122. The predicted octanol–water partition coefficient (Wildman–Crippen LogP) is 2.62. The number of amides is 3. The molecule has 0 saturated carbocycles. The molecular weight excluding hydrogens is 520 g/mol. The van der Waals surface area contributed by atoms with Crippen LogP contribution in [0.1, 0.15) is 30.1 Å². The number of rotatable bonds is 9. The van der Waals surface area contributed by atoms with Crippen LogP contribution in [0.2, 0.25) is 0 Å². The minimum Gasteiger partial charge on any atom is -0.465 e. The van der Waals surface area contributed by atoms with E-state index in [0.717, 1.165) is 10.6 Å². The van der Waals surface area contributed by atoms with Gasteiger partial charge in [-0.1, -0.05) is 13.0 Å². The van der Waals surface area contributed by atoms with Crippen LogP contribution in [0.4, 0.5) is 10.6 Å². The van der Waals surface area contributed by atoms with Crippen molar-refractivity contribution in [2.24, 2.45) is 0 Å². The number of anilines is 1. The summed E-state index contributed by atoms with van der Waals surface area (Å²) >= 11 is 1.58. The van der Waals surface area contributed by atoms with Crippen LogP contribution in [0.25, 0.3) is 27.5 Å². The number of nitrogens with one attached hydrogen (secondary N) is 3. The first-order valence-electron chi connectivity index (χ1n) is 12.5. The summed E-state index contributed by atoms with van der Waals surface area (Å²) in [6.45, 7) is 2.58. The molecule has 13 heteroatoms. The molecule has 12 nitrogen and oxygen atoms in total. The number of carbonyl (C=O) groups excluding carboxylic acids is 2. The maximum Gasteiger partial charge on any atom is 0.404 e. The number of aromatic nitrogens is 4. The standard InChI is InChI=1S/C26H28N8O4S/c1-3-16(30-26(37)38)13-28-24(35)15-11-19(31-22(12-15)33-8-7-20(33)25(36)27-2)17-14-29-34-9-6-18(32-23(17)34)21-5-4-10-39-21/h4-6,9-12,14,16,20,30H,3,7-8,13H2,1-2H3,(H,27,36)(H,28,35)(H,37,38)/t16?,20-/m0/s1. The van der Waals surface area contributed by atoms with Gasteiger partial charge in [-0.2, -0.15) is 5.10 Å². The van der Waals surface area contributed by atoms with E-state index in [1.54, 1.807) is 41.2 Å². The number of hydrogen-bond acceptors (Lipinski definition) is 8. The predicted molar refractivity (Wildman–Crippen MR) is 147 cm³/mol. The van der Waals surface area contributed by atoms with Crippen LogP contribution in [0, 0.1) is 0 Å². The Morgan fingerprint density at radius 3 is 2.72 bits per heavy atom. The smallest absolute Gasteiger partial charge is 0.404 e. The third-order valence-corrected chi connectivity index (χ3v) is 7.58. The largest absolute Gasteiger partial charge is 0.465 e. The second-order valence-corrected chi connectivity index (χ2v) is 10.0. The van der Waals surface area contributed by atoms with Crippen LogP contribution in [-0.4, -0.2) is 74.8 Å². The molecule has 1 saturated heterocycles. The van der Waals surface area contributed by atoms with Crippen molar-refractivity contribution in [2.75, 3.05) is 25.0 Å². The summed E-state index contributed by atoms with van der Waals surface area (Å²) in [4.78, 5) is 49.2. The summed E-state index contributed by atoms with van der Waals surface area (Å²) in [7, 11) is 1.59. The third-order valence-electron chi connectivity index (χ3n) is 6.69. The van der Waals surface area contributed by atoms with E-state index in [2.05, 4.69) is 21.0 Å². The topological polar surface area (TPSA) is 154 Å². The number of carboxylic acid groups (broad SMARTS) is 1. The maximum absolute atomic E-state index is 13.3. The zero-order valence-corrected chi connectivity index (χ0v) is 22.2. The van der Waals surface area contributed by atoms with Crippen molar-refractivity contribution in [1.82, 2.24) is 35.5 Å². The van der Waals surface area contributed by atoms with Crippen LogP contribution in [0.15, 0.2) is 48.1 Å². The summed E-state index contributed by atoms with van der Waals surface area (Å²) in [5.41, 5.74) is 2.84. The van der Waals surface area contributed by atoms with Crippen molar-refractivity contribution in [3.8, 4) is 21.8 Å². The molecule has 202 valence electrons.